The van der Waals surface area contributed by atoms with Crippen molar-refractivity contribution in [3.05, 3.63) is 22.6 Å². The molecule has 0 aliphatic rings. The number of halogens is 1. The van der Waals surface area contributed by atoms with E-state index >= 15 is 0 Å². The molecule has 0 aliphatic carbocycles. The van der Waals surface area contributed by atoms with Gasteiger partial charge in [-0.05, 0) is 35.3 Å². The fourth-order valence-corrected chi connectivity index (χ4v) is 1.28. The molecular formula is C9H12BrNO2. The van der Waals surface area contributed by atoms with Gasteiger partial charge in [0.1, 0.15) is 0 Å². The maximum atomic E-state index is 11.5. The van der Waals surface area contributed by atoms with E-state index in [4.69, 9.17) is 4.42 Å². The summed E-state index contributed by atoms with van der Waals surface area (Å²) in [6.45, 7) is 3.99. The summed E-state index contributed by atoms with van der Waals surface area (Å²) < 4.78 is 5.44. The third-order valence-electron chi connectivity index (χ3n) is 1.85. The van der Waals surface area contributed by atoms with E-state index in [1.54, 1.807) is 6.07 Å². The molecule has 0 aliphatic heterocycles. The quantitative estimate of drug-likeness (QED) is 0.890. The van der Waals surface area contributed by atoms with Gasteiger partial charge in [-0.1, -0.05) is 6.92 Å². The summed E-state index contributed by atoms with van der Waals surface area (Å²) in [6, 6.07) is 1.83. The minimum atomic E-state index is -0.102. The fourth-order valence-electron chi connectivity index (χ4n) is 0.859. The first kappa shape index (κ1) is 10.3. The van der Waals surface area contributed by atoms with Crippen molar-refractivity contribution < 1.29 is 9.21 Å². The van der Waals surface area contributed by atoms with Gasteiger partial charge < -0.3 is 9.73 Å². The fraction of sp³-hybridized carbons (Fsp3) is 0.444. The molecule has 1 N–H and O–H groups in total. The Hall–Kier alpha value is -0.770. The van der Waals surface area contributed by atoms with E-state index in [0.29, 0.717) is 10.2 Å². The Morgan fingerprint density at radius 3 is 2.92 bits per heavy atom. The van der Waals surface area contributed by atoms with Crippen molar-refractivity contribution in [3.63, 3.8) is 0 Å². The molecule has 4 heteroatoms. The van der Waals surface area contributed by atoms with E-state index < -0.39 is 0 Å². The SMILES string of the molecule is CCC(C)NC(=O)c1ccoc1Br. The minimum Gasteiger partial charge on any atom is -0.457 e. The van der Waals surface area contributed by atoms with Crippen molar-refractivity contribution in [2.45, 2.75) is 26.3 Å². The second-order valence-corrected chi connectivity index (χ2v) is 3.61. The van der Waals surface area contributed by atoms with Gasteiger partial charge >= 0.3 is 0 Å². The maximum Gasteiger partial charge on any atom is 0.255 e. The highest BCUT2D eigenvalue weighted by atomic mass is 79.9. The number of hydrogen-bond acceptors (Lipinski definition) is 2. The highest BCUT2D eigenvalue weighted by Crippen LogP contribution is 2.17. The van der Waals surface area contributed by atoms with Gasteiger partial charge in [0.25, 0.3) is 5.91 Å². The first-order valence-electron chi connectivity index (χ1n) is 4.19. The van der Waals surface area contributed by atoms with Crippen LogP contribution >= 0.6 is 15.9 Å². The van der Waals surface area contributed by atoms with Crippen molar-refractivity contribution in [1.82, 2.24) is 5.32 Å². The predicted molar refractivity (Wildman–Crippen MR) is 53.6 cm³/mol. The summed E-state index contributed by atoms with van der Waals surface area (Å²) in [4.78, 5) is 11.5. The van der Waals surface area contributed by atoms with Gasteiger partial charge in [0.15, 0.2) is 4.67 Å². The molecule has 1 unspecified atom stereocenters. The van der Waals surface area contributed by atoms with Crippen LogP contribution in [0, 0.1) is 0 Å². The molecule has 13 heavy (non-hydrogen) atoms. The van der Waals surface area contributed by atoms with Gasteiger partial charge in [-0.2, -0.15) is 0 Å². The number of carbonyl (C=O) groups excluding carboxylic acids is 1. The summed E-state index contributed by atoms with van der Waals surface area (Å²) in [7, 11) is 0. The van der Waals surface area contributed by atoms with E-state index in [2.05, 4.69) is 21.2 Å². The van der Waals surface area contributed by atoms with Crippen LogP contribution in [0.15, 0.2) is 21.4 Å². The van der Waals surface area contributed by atoms with Crippen LogP contribution in [0.2, 0.25) is 0 Å². The van der Waals surface area contributed by atoms with Crippen LogP contribution in [-0.2, 0) is 0 Å². The third kappa shape index (κ3) is 2.59. The van der Waals surface area contributed by atoms with E-state index in [-0.39, 0.29) is 11.9 Å². The molecule has 0 radical (unpaired) electrons. The number of rotatable bonds is 3. The molecule has 1 aromatic heterocycles. The molecular weight excluding hydrogens is 234 g/mol. The molecule has 0 aromatic carbocycles. The molecule has 3 nitrogen and oxygen atoms in total. The average molecular weight is 246 g/mol. The summed E-state index contributed by atoms with van der Waals surface area (Å²) in [6.07, 6.45) is 2.40. The van der Waals surface area contributed by atoms with Gasteiger partial charge in [-0.15, -0.1) is 0 Å². The highest BCUT2D eigenvalue weighted by Gasteiger charge is 2.13. The predicted octanol–water partition coefficient (Wildman–Crippen LogP) is 2.57. The lowest BCUT2D eigenvalue weighted by atomic mass is 10.2. The van der Waals surface area contributed by atoms with E-state index in [1.807, 2.05) is 13.8 Å². The van der Waals surface area contributed by atoms with Crippen molar-refractivity contribution in [3.8, 4) is 0 Å². The van der Waals surface area contributed by atoms with E-state index in [0.717, 1.165) is 6.42 Å². The van der Waals surface area contributed by atoms with Gasteiger partial charge in [0.05, 0.1) is 11.8 Å². The molecule has 0 spiro atoms. The van der Waals surface area contributed by atoms with E-state index in [1.165, 1.54) is 6.26 Å². The lowest BCUT2D eigenvalue weighted by molar-refractivity contribution is 0.0937. The van der Waals surface area contributed by atoms with Crippen LogP contribution in [0.1, 0.15) is 30.6 Å². The summed E-state index contributed by atoms with van der Waals surface area (Å²) >= 11 is 3.15. The molecule has 1 aromatic rings. The Morgan fingerprint density at radius 2 is 2.46 bits per heavy atom. The Balaban J connectivity index is 2.64. The standard InChI is InChI=1S/C9H12BrNO2/c1-3-6(2)11-9(12)7-4-5-13-8(7)10/h4-6H,3H2,1-2H3,(H,11,12). The first-order valence-corrected chi connectivity index (χ1v) is 4.98. The van der Waals surface area contributed by atoms with Crippen LogP contribution in [0.5, 0.6) is 0 Å². The van der Waals surface area contributed by atoms with Crippen LogP contribution in [-0.4, -0.2) is 11.9 Å². The Morgan fingerprint density at radius 1 is 1.77 bits per heavy atom. The largest absolute Gasteiger partial charge is 0.457 e. The van der Waals surface area contributed by atoms with Crippen molar-refractivity contribution in [2.75, 3.05) is 0 Å². The number of furan rings is 1. The zero-order valence-electron chi connectivity index (χ0n) is 7.63. The molecule has 0 bridgehead atoms. The van der Waals surface area contributed by atoms with Gasteiger partial charge in [-0.25, -0.2) is 0 Å². The third-order valence-corrected chi connectivity index (χ3v) is 2.47. The lowest BCUT2D eigenvalue weighted by Gasteiger charge is -2.09. The average Bonchev–Trinajstić information content (AvgIpc) is 2.51. The zero-order valence-corrected chi connectivity index (χ0v) is 9.22. The summed E-state index contributed by atoms with van der Waals surface area (Å²) in [5.74, 6) is -0.102. The Labute approximate surface area is 85.6 Å². The Kier molecular flexibility index (Phi) is 3.54. The number of carbonyl (C=O) groups is 1. The summed E-state index contributed by atoms with van der Waals surface area (Å²) in [5, 5.41) is 2.84. The van der Waals surface area contributed by atoms with Crippen LogP contribution < -0.4 is 5.32 Å². The van der Waals surface area contributed by atoms with Gasteiger partial charge in [0.2, 0.25) is 0 Å². The molecule has 1 heterocycles. The highest BCUT2D eigenvalue weighted by molar-refractivity contribution is 9.10. The molecule has 1 atom stereocenters. The van der Waals surface area contributed by atoms with Gasteiger partial charge in [0, 0.05) is 6.04 Å². The smallest absolute Gasteiger partial charge is 0.255 e. The lowest BCUT2D eigenvalue weighted by Crippen LogP contribution is -2.31. The Bertz CT molecular complexity index is 296. The van der Waals surface area contributed by atoms with Crippen LogP contribution in [0.4, 0.5) is 0 Å². The van der Waals surface area contributed by atoms with Crippen LogP contribution in [0.25, 0.3) is 0 Å². The second kappa shape index (κ2) is 4.46. The number of amides is 1. The summed E-state index contributed by atoms with van der Waals surface area (Å²) in [5.41, 5.74) is 0.542. The van der Waals surface area contributed by atoms with Crippen molar-refractivity contribution in [1.29, 1.82) is 0 Å². The topological polar surface area (TPSA) is 42.2 Å². The monoisotopic (exact) mass is 245 g/mol. The normalized spacial score (nSPS) is 12.5. The van der Waals surface area contributed by atoms with Crippen LogP contribution in [0.3, 0.4) is 0 Å². The number of nitrogens with one attached hydrogen (secondary N) is 1. The number of hydrogen-bond donors (Lipinski definition) is 1. The van der Waals surface area contributed by atoms with Crippen molar-refractivity contribution >= 4 is 21.8 Å². The van der Waals surface area contributed by atoms with Gasteiger partial charge in [-0.3, -0.25) is 4.79 Å². The molecule has 0 saturated heterocycles. The maximum absolute atomic E-state index is 11.5. The minimum absolute atomic E-state index is 0.102. The molecule has 1 amide bonds. The molecule has 1 rings (SSSR count). The zero-order chi connectivity index (χ0) is 9.84. The molecule has 72 valence electrons. The molecule has 0 saturated carbocycles. The second-order valence-electron chi connectivity index (χ2n) is 2.89. The first-order chi connectivity index (χ1) is 6.15. The van der Waals surface area contributed by atoms with E-state index in [9.17, 15) is 4.79 Å². The van der Waals surface area contributed by atoms with Crippen molar-refractivity contribution in [2.24, 2.45) is 0 Å². The molecule has 0 fully saturated rings.